The lowest BCUT2D eigenvalue weighted by atomic mass is 9.90. The Morgan fingerprint density at radius 1 is 1.29 bits per heavy atom. The third-order valence-corrected chi connectivity index (χ3v) is 5.55. The minimum absolute atomic E-state index is 0.0661. The van der Waals surface area contributed by atoms with E-state index < -0.39 is 16.8 Å². The Labute approximate surface area is 175 Å². The van der Waals surface area contributed by atoms with Gasteiger partial charge in [0.1, 0.15) is 23.4 Å². The van der Waals surface area contributed by atoms with Gasteiger partial charge < -0.3 is 15.3 Å². The maximum Gasteiger partial charge on any atom is 0.407 e. The molecule has 1 saturated carbocycles. The molecule has 0 spiro atoms. The van der Waals surface area contributed by atoms with Gasteiger partial charge in [0.2, 0.25) is 5.82 Å². The fourth-order valence-corrected chi connectivity index (χ4v) is 3.82. The molecule has 0 atom stereocenters. The number of hydrogen-bond donors (Lipinski definition) is 2. The molecule has 1 aliphatic rings. The molecular formula is C19H20FN7O4. The summed E-state index contributed by atoms with van der Waals surface area (Å²) in [5.41, 5.74) is 0.626. The fourth-order valence-electron chi connectivity index (χ4n) is 3.82. The molecule has 11 nitrogen and oxygen atoms in total. The van der Waals surface area contributed by atoms with Crippen LogP contribution in [0.4, 0.5) is 20.7 Å². The fraction of sp³-hybridized carbons (Fsp3) is 0.368. The number of pyridine rings is 1. The first-order valence-corrected chi connectivity index (χ1v) is 9.70. The number of rotatable bonds is 5. The number of aromatic nitrogens is 4. The molecule has 0 bridgehead atoms. The van der Waals surface area contributed by atoms with Crippen LogP contribution in [-0.2, 0) is 0 Å². The van der Waals surface area contributed by atoms with Crippen LogP contribution in [0.15, 0.2) is 30.7 Å². The summed E-state index contributed by atoms with van der Waals surface area (Å²) in [6, 6.07) is 2.61. The molecule has 12 heteroatoms. The quantitative estimate of drug-likeness (QED) is 0.466. The first kappa shape index (κ1) is 20.4. The lowest BCUT2D eigenvalue weighted by molar-refractivity contribution is -0.384. The molecule has 3 aromatic rings. The third-order valence-electron chi connectivity index (χ3n) is 5.55. The molecule has 0 saturated heterocycles. The first-order chi connectivity index (χ1) is 14.8. The predicted molar refractivity (Wildman–Crippen MR) is 108 cm³/mol. The number of nitrogens with one attached hydrogen (secondary N) is 1. The third kappa shape index (κ3) is 4.09. The maximum absolute atomic E-state index is 13.7. The molecule has 0 radical (unpaired) electrons. The van der Waals surface area contributed by atoms with Gasteiger partial charge in [-0.25, -0.2) is 24.1 Å². The number of nitro groups is 1. The summed E-state index contributed by atoms with van der Waals surface area (Å²) < 4.78 is 15.2. The molecule has 2 N–H and O–H groups in total. The molecule has 0 unspecified atom stereocenters. The molecule has 0 aromatic carbocycles. The number of nitrogens with zero attached hydrogens (tertiary/aromatic N) is 6. The summed E-state index contributed by atoms with van der Waals surface area (Å²) in [6.45, 7) is 0. The summed E-state index contributed by atoms with van der Waals surface area (Å²) in [6.07, 6.45) is 5.42. The Morgan fingerprint density at radius 3 is 2.71 bits per heavy atom. The van der Waals surface area contributed by atoms with Gasteiger partial charge in [-0.2, -0.15) is 0 Å². The van der Waals surface area contributed by atoms with Crippen molar-refractivity contribution in [2.45, 2.75) is 37.8 Å². The highest BCUT2D eigenvalue weighted by atomic mass is 19.1. The number of carbonyl (C=O) groups is 1. The van der Waals surface area contributed by atoms with Crippen LogP contribution in [0.5, 0.6) is 0 Å². The van der Waals surface area contributed by atoms with Gasteiger partial charge in [0.25, 0.3) is 0 Å². The highest BCUT2D eigenvalue weighted by Crippen LogP contribution is 2.30. The molecule has 1 fully saturated rings. The monoisotopic (exact) mass is 429 g/mol. The van der Waals surface area contributed by atoms with Crippen molar-refractivity contribution in [1.29, 1.82) is 0 Å². The van der Waals surface area contributed by atoms with Crippen LogP contribution >= 0.6 is 0 Å². The van der Waals surface area contributed by atoms with Gasteiger partial charge in [0, 0.05) is 25.3 Å². The van der Waals surface area contributed by atoms with E-state index in [-0.39, 0.29) is 29.4 Å². The van der Waals surface area contributed by atoms with Crippen LogP contribution in [0.1, 0.15) is 25.7 Å². The molecule has 1 aliphatic carbocycles. The van der Waals surface area contributed by atoms with Crippen molar-refractivity contribution in [3.63, 3.8) is 0 Å². The van der Waals surface area contributed by atoms with Crippen molar-refractivity contribution in [1.82, 2.24) is 24.3 Å². The smallest absolute Gasteiger partial charge is 0.407 e. The Bertz CT molecular complexity index is 1140. The number of anilines is 1. The van der Waals surface area contributed by atoms with Crippen molar-refractivity contribution in [3.8, 4) is 11.5 Å². The Kier molecular flexibility index (Phi) is 5.36. The van der Waals surface area contributed by atoms with E-state index in [9.17, 15) is 19.3 Å². The highest BCUT2D eigenvalue weighted by Gasteiger charge is 2.28. The first-order valence-electron chi connectivity index (χ1n) is 9.70. The summed E-state index contributed by atoms with van der Waals surface area (Å²) in [5.74, 6) is -0.225. The SMILES string of the molecule is CN(C(=O)O)C1CCC(Nc2nc(-c3cnc4ccc(F)cn34)ncc2[N+](=O)[O-])CC1. The van der Waals surface area contributed by atoms with Crippen molar-refractivity contribution in [3.05, 3.63) is 46.7 Å². The summed E-state index contributed by atoms with van der Waals surface area (Å²) in [7, 11) is 1.54. The van der Waals surface area contributed by atoms with E-state index in [2.05, 4.69) is 20.3 Å². The number of carboxylic acid groups (broad SMARTS) is 1. The average molecular weight is 429 g/mol. The summed E-state index contributed by atoms with van der Waals surface area (Å²) in [5, 5.41) is 23.7. The van der Waals surface area contributed by atoms with Gasteiger partial charge in [0.15, 0.2) is 5.82 Å². The second-order valence-electron chi connectivity index (χ2n) is 7.45. The highest BCUT2D eigenvalue weighted by molar-refractivity contribution is 5.65. The minimum atomic E-state index is -0.975. The van der Waals surface area contributed by atoms with Crippen LogP contribution in [0.25, 0.3) is 17.2 Å². The zero-order valence-electron chi connectivity index (χ0n) is 16.6. The predicted octanol–water partition coefficient (Wildman–Crippen LogP) is 3.17. The van der Waals surface area contributed by atoms with E-state index in [0.717, 1.165) is 6.20 Å². The zero-order valence-corrected chi connectivity index (χ0v) is 16.6. The molecule has 3 aromatic heterocycles. The Morgan fingerprint density at radius 2 is 2.03 bits per heavy atom. The van der Waals surface area contributed by atoms with Gasteiger partial charge in [0.05, 0.1) is 11.1 Å². The van der Waals surface area contributed by atoms with E-state index in [1.165, 1.54) is 33.8 Å². The number of hydrogen-bond acceptors (Lipinski definition) is 7. The van der Waals surface area contributed by atoms with Crippen LogP contribution in [0.3, 0.4) is 0 Å². The molecule has 0 aliphatic heterocycles. The molecule has 4 rings (SSSR count). The molecule has 31 heavy (non-hydrogen) atoms. The van der Waals surface area contributed by atoms with Crippen molar-refractivity contribution in [2.75, 3.05) is 12.4 Å². The number of fused-ring (bicyclic) bond motifs is 1. The van der Waals surface area contributed by atoms with Crippen molar-refractivity contribution >= 4 is 23.2 Å². The van der Waals surface area contributed by atoms with Crippen molar-refractivity contribution < 1.29 is 19.2 Å². The average Bonchev–Trinajstić information content (AvgIpc) is 3.16. The number of halogens is 1. The van der Waals surface area contributed by atoms with E-state index in [4.69, 9.17) is 5.11 Å². The molecular weight excluding hydrogens is 409 g/mol. The molecule has 162 valence electrons. The topological polar surface area (TPSA) is 139 Å². The van der Waals surface area contributed by atoms with E-state index >= 15 is 0 Å². The van der Waals surface area contributed by atoms with Gasteiger partial charge in [-0.15, -0.1) is 0 Å². The Balaban J connectivity index is 1.59. The van der Waals surface area contributed by atoms with Crippen LogP contribution in [0, 0.1) is 15.9 Å². The second kappa shape index (κ2) is 8.13. The van der Waals surface area contributed by atoms with Gasteiger partial charge in [-0.1, -0.05) is 0 Å². The summed E-state index contributed by atoms with van der Waals surface area (Å²) >= 11 is 0. The van der Waals surface area contributed by atoms with E-state index in [0.29, 0.717) is 37.0 Å². The van der Waals surface area contributed by atoms with Crippen LogP contribution < -0.4 is 5.32 Å². The van der Waals surface area contributed by atoms with Gasteiger partial charge in [-0.05, 0) is 37.8 Å². The van der Waals surface area contributed by atoms with E-state index in [1.54, 1.807) is 7.05 Å². The van der Waals surface area contributed by atoms with Crippen molar-refractivity contribution in [2.24, 2.45) is 0 Å². The largest absolute Gasteiger partial charge is 0.465 e. The lowest BCUT2D eigenvalue weighted by Crippen LogP contribution is -2.41. The van der Waals surface area contributed by atoms with E-state index in [1.807, 2.05) is 0 Å². The molecule has 1 amide bonds. The standard InChI is InChI=1S/C19H20FN7O4/c1-25(19(28)29)13-5-3-12(4-6-13)23-18-15(27(30)31)9-22-17(24-18)14-8-21-16-7-2-11(20)10-26(14)16/h2,7-10,12-13H,3-6H2,1H3,(H,28,29)(H,22,23,24). The second-order valence-corrected chi connectivity index (χ2v) is 7.45. The Hall–Kier alpha value is -3.83. The van der Waals surface area contributed by atoms with Crippen LogP contribution in [-0.4, -0.2) is 59.5 Å². The van der Waals surface area contributed by atoms with Gasteiger partial charge in [-0.3, -0.25) is 14.5 Å². The van der Waals surface area contributed by atoms with Gasteiger partial charge >= 0.3 is 11.8 Å². The number of imidazole rings is 1. The van der Waals surface area contributed by atoms with Crippen LogP contribution in [0.2, 0.25) is 0 Å². The minimum Gasteiger partial charge on any atom is -0.465 e. The maximum atomic E-state index is 13.7. The lowest BCUT2D eigenvalue weighted by Gasteiger charge is -2.33. The number of amides is 1. The zero-order chi connectivity index (χ0) is 22.1. The molecule has 3 heterocycles. The normalized spacial score (nSPS) is 18.6. The summed E-state index contributed by atoms with van der Waals surface area (Å²) in [4.78, 5) is 36.0.